The quantitative estimate of drug-likeness (QED) is 0.335. The van der Waals surface area contributed by atoms with Crippen molar-refractivity contribution in [2.24, 2.45) is 0 Å². The van der Waals surface area contributed by atoms with Gasteiger partial charge < -0.3 is 38.6 Å². The third-order valence-corrected chi connectivity index (χ3v) is 5.95. The molecule has 0 bridgehead atoms. The van der Waals surface area contributed by atoms with Crippen LogP contribution in [-0.4, -0.2) is 100 Å². The third-order valence-electron chi connectivity index (χ3n) is 5.95. The summed E-state index contributed by atoms with van der Waals surface area (Å²) in [5.41, 5.74) is 1.62. The highest BCUT2D eigenvalue weighted by Crippen LogP contribution is 2.40. The van der Waals surface area contributed by atoms with Gasteiger partial charge in [0, 0.05) is 25.7 Å². The van der Waals surface area contributed by atoms with Crippen LogP contribution in [0.4, 0.5) is 0 Å². The topological polar surface area (TPSA) is 136 Å². The number of benzene rings is 2. The van der Waals surface area contributed by atoms with Crippen LogP contribution in [0.2, 0.25) is 0 Å². The van der Waals surface area contributed by atoms with Crippen LogP contribution in [0.3, 0.4) is 0 Å². The van der Waals surface area contributed by atoms with Crippen molar-refractivity contribution in [3.05, 3.63) is 35.4 Å². The molecule has 2 aromatic rings. The molecule has 216 valence electrons. The molecular formula is C27H38N2O10. The number of rotatable bonds is 14. The van der Waals surface area contributed by atoms with Crippen LogP contribution < -0.4 is 28.4 Å². The highest BCUT2D eigenvalue weighted by molar-refractivity contribution is 5.69. The van der Waals surface area contributed by atoms with E-state index in [1.54, 1.807) is 29.2 Å². The lowest BCUT2D eigenvalue weighted by atomic mass is 10.1. The molecule has 1 aliphatic rings. The Morgan fingerprint density at radius 1 is 0.744 bits per heavy atom. The number of hydrogen-bond acceptors (Lipinski definition) is 10. The maximum Gasteiger partial charge on any atom is 0.317 e. The van der Waals surface area contributed by atoms with Crippen molar-refractivity contribution in [3.63, 3.8) is 0 Å². The van der Waals surface area contributed by atoms with Crippen molar-refractivity contribution in [2.75, 3.05) is 62.3 Å². The molecule has 0 aliphatic carbocycles. The molecule has 0 spiro atoms. The highest BCUT2D eigenvalue weighted by atomic mass is 16.5. The molecule has 12 heteroatoms. The fraction of sp³-hybridized carbons (Fsp3) is 0.481. The number of carboxylic acids is 2. The summed E-state index contributed by atoms with van der Waals surface area (Å²) in [6.45, 7) is 3.67. The van der Waals surface area contributed by atoms with Crippen LogP contribution in [0.5, 0.6) is 34.5 Å². The van der Waals surface area contributed by atoms with Crippen molar-refractivity contribution in [3.8, 4) is 34.5 Å². The summed E-state index contributed by atoms with van der Waals surface area (Å²) in [4.78, 5) is 25.1. The normalized spacial score (nSPS) is 15.5. The molecule has 12 nitrogen and oxygen atoms in total. The molecule has 3 rings (SSSR count). The van der Waals surface area contributed by atoms with Crippen LogP contribution in [0.1, 0.15) is 18.1 Å². The number of nitrogens with zero attached hydrogens (tertiary/aromatic N) is 2. The number of hydrogen-bond donors (Lipinski definition) is 2. The summed E-state index contributed by atoms with van der Waals surface area (Å²) in [7, 11) is 9.19. The second-order valence-corrected chi connectivity index (χ2v) is 8.78. The Hall–Kier alpha value is -3.90. The van der Waals surface area contributed by atoms with Gasteiger partial charge in [-0.25, -0.2) is 0 Å². The van der Waals surface area contributed by atoms with Crippen molar-refractivity contribution in [2.45, 2.75) is 26.1 Å². The number of carbonyl (C=O) groups is 2. The number of carboxylic acid groups (broad SMARTS) is 2. The average Bonchev–Trinajstić information content (AvgIpc) is 3.60. The first-order chi connectivity index (χ1) is 18.6. The SMILES string of the molecule is CC1CN1CC(=O)O.COc1cc(CN(CC(=O)O)Cc2cc(OC)c(OC)c(OC)c2)cc(OC)c1OC. The molecule has 0 aromatic heterocycles. The molecule has 1 fully saturated rings. The summed E-state index contributed by atoms with van der Waals surface area (Å²) in [5.74, 6) is 1.28. The highest BCUT2D eigenvalue weighted by Gasteiger charge is 2.30. The van der Waals surface area contributed by atoms with Crippen LogP contribution >= 0.6 is 0 Å². The molecule has 1 heterocycles. The van der Waals surface area contributed by atoms with Crippen LogP contribution in [0, 0.1) is 0 Å². The van der Waals surface area contributed by atoms with Gasteiger partial charge in [0.25, 0.3) is 0 Å². The molecule has 0 amide bonds. The minimum atomic E-state index is -0.945. The molecule has 2 atom stereocenters. The smallest absolute Gasteiger partial charge is 0.317 e. The molecule has 1 saturated heterocycles. The zero-order chi connectivity index (χ0) is 29.1. The molecule has 39 heavy (non-hydrogen) atoms. The van der Waals surface area contributed by atoms with Crippen LogP contribution in [-0.2, 0) is 22.7 Å². The second-order valence-electron chi connectivity index (χ2n) is 8.78. The van der Waals surface area contributed by atoms with Crippen molar-refractivity contribution >= 4 is 11.9 Å². The van der Waals surface area contributed by atoms with Gasteiger partial charge in [-0.05, 0) is 42.3 Å². The maximum absolute atomic E-state index is 11.5. The minimum absolute atomic E-state index is 0.173. The van der Waals surface area contributed by atoms with E-state index >= 15 is 0 Å². The Labute approximate surface area is 228 Å². The fourth-order valence-corrected chi connectivity index (χ4v) is 4.02. The lowest BCUT2D eigenvalue weighted by molar-refractivity contribution is -0.139. The Bertz CT molecular complexity index is 1010. The Morgan fingerprint density at radius 2 is 1.10 bits per heavy atom. The lowest BCUT2D eigenvalue weighted by Crippen LogP contribution is -2.29. The molecule has 2 aromatic carbocycles. The van der Waals surface area contributed by atoms with E-state index in [2.05, 4.69) is 0 Å². The van der Waals surface area contributed by atoms with E-state index in [9.17, 15) is 14.7 Å². The van der Waals surface area contributed by atoms with Crippen LogP contribution in [0.25, 0.3) is 0 Å². The monoisotopic (exact) mass is 550 g/mol. The van der Waals surface area contributed by atoms with Gasteiger partial charge in [0.1, 0.15) is 0 Å². The summed E-state index contributed by atoms with van der Waals surface area (Å²) in [5, 5.41) is 17.6. The number of aliphatic carboxylic acids is 2. The van der Waals surface area contributed by atoms with Gasteiger partial charge in [-0.15, -0.1) is 0 Å². The Kier molecular flexibility index (Phi) is 12.0. The Balaban J connectivity index is 0.000000568. The summed E-state index contributed by atoms with van der Waals surface area (Å²) in [6, 6.07) is 7.69. The minimum Gasteiger partial charge on any atom is -0.493 e. The lowest BCUT2D eigenvalue weighted by Gasteiger charge is -2.23. The van der Waals surface area contributed by atoms with E-state index in [0.29, 0.717) is 53.6 Å². The van der Waals surface area contributed by atoms with E-state index in [1.165, 1.54) is 42.7 Å². The Morgan fingerprint density at radius 3 is 1.31 bits per heavy atom. The summed E-state index contributed by atoms with van der Waals surface area (Å²) < 4.78 is 32.3. The first-order valence-corrected chi connectivity index (χ1v) is 12.1. The van der Waals surface area contributed by atoms with Gasteiger partial charge in [0.15, 0.2) is 23.0 Å². The molecule has 2 unspecified atom stereocenters. The van der Waals surface area contributed by atoms with E-state index in [0.717, 1.165) is 17.7 Å². The van der Waals surface area contributed by atoms with Gasteiger partial charge in [-0.1, -0.05) is 0 Å². The zero-order valence-corrected chi connectivity index (χ0v) is 23.5. The van der Waals surface area contributed by atoms with Gasteiger partial charge >= 0.3 is 11.9 Å². The third kappa shape index (κ3) is 9.11. The first kappa shape index (κ1) is 31.3. The largest absolute Gasteiger partial charge is 0.493 e. The zero-order valence-electron chi connectivity index (χ0n) is 23.5. The predicted molar refractivity (Wildman–Crippen MR) is 143 cm³/mol. The molecular weight excluding hydrogens is 512 g/mol. The van der Waals surface area contributed by atoms with Gasteiger partial charge in [0.2, 0.25) is 11.5 Å². The van der Waals surface area contributed by atoms with Crippen molar-refractivity contribution < 1.29 is 48.2 Å². The number of ether oxygens (including phenoxy) is 6. The van der Waals surface area contributed by atoms with Gasteiger partial charge in [-0.3, -0.25) is 19.4 Å². The summed E-state index contributed by atoms with van der Waals surface area (Å²) >= 11 is 0. The summed E-state index contributed by atoms with van der Waals surface area (Å²) in [6.07, 6.45) is 0. The number of methoxy groups -OCH3 is 6. The van der Waals surface area contributed by atoms with E-state index in [1.807, 2.05) is 11.8 Å². The second kappa shape index (κ2) is 14.9. The fourth-order valence-electron chi connectivity index (χ4n) is 4.02. The molecule has 0 radical (unpaired) electrons. The maximum atomic E-state index is 11.5. The molecule has 2 N–H and O–H groups in total. The van der Waals surface area contributed by atoms with Crippen molar-refractivity contribution in [1.29, 1.82) is 0 Å². The average molecular weight is 551 g/mol. The molecule has 0 saturated carbocycles. The van der Waals surface area contributed by atoms with Gasteiger partial charge in [0.05, 0.1) is 55.7 Å². The predicted octanol–water partition coefficient (Wildman–Crippen LogP) is 2.60. The van der Waals surface area contributed by atoms with Crippen LogP contribution in [0.15, 0.2) is 24.3 Å². The first-order valence-electron chi connectivity index (χ1n) is 12.1. The van der Waals surface area contributed by atoms with E-state index < -0.39 is 11.9 Å². The standard InChI is InChI=1S/C22H29NO8.C5H9NO2/c1-26-16-7-14(8-17(27-2)21(16)30-5)11-23(13-20(24)25)12-15-9-18(28-3)22(31-6)19(10-15)29-4;1-4-2-6(4)3-5(7)8/h7-10H,11-13H2,1-6H3,(H,24,25);4H,2-3H2,1H3,(H,7,8). The molecule has 1 aliphatic heterocycles. The van der Waals surface area contributed by atoms with E-state index in [-0.39, 0.29) is 13.1 Å². The van der Waals surface area contributed by atoms with Gasteiger partial charge in [-0.2, -0.15) is 0 Å². The van der Waals surface area contributed by atoms with Crippen molar-refractivity contribution in [1.82, 2.24) is 9.80 Å². The van der Waals surface area contributed by atoms with E-state index in [4.69, 9.17) is 33.5 Å².